The molecule has 3 heteroatoms. The summed E-state index contributed by atoms with van der Waals surface area (Å²) in [6.45, 7) is -0.0532. The molecule has 94 valence electrons. The van der Waals surface area contributed by atoms with Crippen LogP contribution in [0.25, 0.3) is 0 Å². The van der Waals surface area contributed by atoms with E-state index in [1.54, 1.807) is 0 Å². The lowest BCUT2D eigenvalue weighted by Crippen LogP contribution is -2.24. The first-order valence-corrected chi connectivity index (χ1v) is 6.74. The van der Waals surface area contributed by atoms with Crippen molar-refractivity contribution in [1.29, 1.82) is 0 Å². The van der Waals surface area contributed by atoms with Gasteiger partial charge in [-0.05, 0) is 12.3 Å². The fraction of sp³-hybridized carbons (Fsp3) is 1.00. The van der Waals surface area contributed by atoms with Crippen molar-refractivity contribution < 1.29 is 14.9 Å². The fourth-order valence-corrected chi connectivity index (χ4v) is 3.10. The molecule has 0 amide bonds. The molecule has 0 aromatic carbocycles. The predicted octanol–water partition coefficient (Wildman–Crippen LogP) is 1.86. The number of aliphatic hydroxyl groups excluding tert-OH is 2. The van der Waals surface area contributed by atoms with Crippen molar-refractivity contribution in [2.45, 2.75) is 69.7 Å². The minimum atomic E-state index is -0.458. The standard InChI is InChI=1S/C13H24O3/c14-9-13-12(15)8-11(16-13)7-10-5-3-1-2-4-6-10/h10-15H,1-9H2/t11-,12+,13?/m0/s1. The Morgan fingerprint density at radius 3 is 2.31 bits per heavy atom. The van der Waals surface area contributed by atoms with Crippen molar-refractivity contribution in [2.24, 2.45) is 5.92 Å². The molecule has 1 saturated heterocycles. The molecule has 1 heterocycles. The second-order valence-corrected chi connectivity index (χ2v) is 5.38. The van der Waals surface area contributed by atoms with Crippen LogP contribution < -0.4 is 0 Å². The van der Waals surface area contributed by atoms with E-state index in [4.69, 9.17) is 9.84 Å². The Hall–Kier alpha value is -0.120. The molecule has 1 saturated carbocycles. The molecule has 16 heavy (non-hydrogen) atoms. The highest BCUT2D eigenvalue weighted by atomic mass is 16.5. The summed E-state index contributed by atoms with van der Waals surface area (Å²) in [6, 6.07) is 0. The van der Waals surface area contributed by atoms with E-state index in [9.17, 15) is 5.11 Å². The summed E-state index contributed by atoms with van der Waals surface area (Å²) in [5.41, 5.74) is 0. The van der Waals surface area contributed by atoms with E-state index in [0.717, 1.165) is 12.3 Å². The molecule has 2 N–H and O–H groups in total. The van der Waals surface area contributed by atoms with Crippen LogP contribution in [0.15, 0.2) is 0 Å². The van der Waals surface area contributed by atoms with Crippen LogP contribution in [0.4, 0.5) is 0 Å². The zero-order valence-electron chi connectivity index (χ0n) is 9.98. The first-order valence-electron chi connectivity index (χ1n) is 6.74. The van der Waals surface area contributed by atoms with Gasteiger partial charge in [-0.3, -0.25) is 0 Å². The molecule has 0 spiro atoms. The van der Waals surface area contributed by atoms with Crippen LogP contribution in [0.2, 0.25) is 0 Å². The molecule has 3 atom stereocenters. The third-order valence-corrected chi connectivity index (χ3v) is 4.05. The van der Waals surface area contributed by atoms with Crippen LogP contribution in [0.5, 0.6) is 0 Å². The first-order chi connectivity index (χ1) is 7.79. The summed E-state index contributed by atoms with van der Waals surface area (Å²) in [5.74, 6) is 0.775. The minimum Gasteiger partial charge on any atom is -0.394 e. The molecule has 2 rings (SSSR count). The van der Waals surface area contributed by atoms with E-state index in [-0.39, 0.29) is 18.8 Å². The number of ether oxygens (including phenoxy) is 1. The molecule has 1 unspecified atom stereocenters. The zero-order chi connectivity index (χ0) is 11.4. The molecule has 2 fully saturated rings. The summed E-state index contributed by atoms with van der Waals surface area (Å²) in [5, 5.41) is 18.7. The van der Waals surface area contributed by atoms with Crippen LogP contribution >= 0.6 is 0 Å². The van der Waals surface area contributed by atoms with Gasteiger partial charge in [0.2, 0.25) is 0 Å². The average Bonchev–Trinajstić information content (AvgIpc) is 2.50. The Kier molecular flexibility index (Phi) is 4.62. The average molecular weight is 228 g/mol. The van der Waals surface area contributed by atoms with Gasteiger partial charge in [0.25, 0.3) is 0 Å². The van der Waals surface area contributed by atoms with Gasteiger partial charge in [0.05, 0.1) is 18.8 Å². The van der Waals surface area contributed by atoms with Gasteiger partial charge in [0.15, 0.2) is 0 Å². The van der Waals surface area contributed by atoms with E-state index >= 15 is 0 Å². The van der Waals surface area contributed by atoms with Gasteiger partial charge in [-0.15, -0.1) is 0 Å². The highest BCUT2D eigenvalue weighted by Gasteiger charge is 2.34. The van der Waals surface area contributed by atoms with Gasteiger partial charge in [-0.25, -0.2) is 0 Å². The lowest BCUT2D eigenvalue weighted by molar-refractivity contribution is -0.0279. The number of rotatable bonds is 3. The fourth-order valence-electron chi connectivity index (χ4n) is 3.10. The SMILES string of the molecule is OCC1O[C@@H](CC2CCCCCC2)C[C@H]1O. The second-order valence-electron chi connectivity index (χ2n) is 5.38. The highest BCUT2D eigenvalue weighted by molar-refractivity contribution is 4.83. The van der Waals surface area contributed by atoms with Gasteiger partial charge in [-0.2, -0.15) is 0 Å². The molecule has 0 bridgehead atoms. The quantitative estimate of drug-likeness (QED) is 0.725. The normalized spacial score (nSPS) is 37.5. The van der Waals surface area contributed by atoms with Crippen molar-refractivity contribution in [3.8, 4) is 0 Å². The van der Waals surface area contributed by atoms with Crippen molar-refractivity contribution in [3.63, 3.8) is 0 Å². The van der Waals surface area contributed by atoms with Crippen LogP contribution in [0.3, 0.4) is 0 Å². The smallest absolute Gasteiger partial charge is 0.107 e. The van der Waals surface area contributed by atoms with E-state index in [0.29, 0.717) is 6.42 Å². The summed E-state index contributed by atoms with van der Waals surface area (Å²) in [7, 11) is 0. The molecule has 0 aromatic rings. The highest BCUT2D eigenvalue weighted by Crippen LogP contribution is 2.31. The monoisotopic (exact) mass is 228 g/mol. The first kappa shape index (κ1) is 12.3. The maximum atomic E-state index is 9.66. The largest absolute Gasteiger partial charge is 0.394 e. The third kappa shape index (κ3) is 3.19. The number of hydrogen-bond donors (Lipinski definition) is 2. The van der Waals surface area contributed by atoms with Gasteiger partial charge in [0.1, 0.15) is 6.10 Å². The van der Waals surface area contributed by atoms with Gasteiger partial charge < -0.3 is 14.9 Å². The number of aliphatic hydroxyl groups is 2. The van der Waals surface area contributed by atoms with Gasteiger partial charge in [0, 0.05) is 6.42 Å². The van der Waals surface area contributed by atoms with Crippen LogP contribution in [0.1, 0.15) is 51.4 Å². The Labute approximate surface area is 97.8 Å². The molecular formula is C13H24O3. The van der Waals surface area contributed by atoms with E-state index in [1.165, 1.54) is 38.5 Å². The Bertz CT molecular complexity index is 199. The van der Waals surface area contributed by atoms with Crippen LogP contribution in [-0.2, 0) is 4.74 Å². The zero-order valence-corrected chi connectivity index (χ0v) is 9.98. The molecule has 0 radical (unpaired) electrons. The van der Waals surface area contributed by atoms with E-state index in [2.05, 4.69) is 0 Å². The molecule has 3 nitrogen and oxygen atoms in total. The Morgan fingerprint density at radius 1 is 1.06 bits per heavy atom. The molecule has 2 aliphatic rings. The lowest BCUT2D eigenvalue weighted by atomic mass is 9.92. The summed E-state index contributed by atoms with van der Waals surface area (Å²) >= 11 is 0. The molecular weight excluding hydrogens is 204 g/mol. The van der Waals surface area contributed by atoms with Crippen molar-refractivity contribution >= 4 is 0 Å². The topological polar surface area (TPSA) is 49.7 Å². The summed E-state index contributed by atoms with van der Waals surface area (Å²) in [4.78, 5) is 0. The van der Waals surface area contributed by atoms with Crippen molar-refractivity contribution in [1.82, 2.24) is 0 Å². The van der Waals surface area contributed by atoms with E-state index in [1.807, 2.05) is 0 Å². The Balaban J connectivity index is 1.76. The van der Waals surface area contributed by atoms with Crippen molar-refractivity contribution in [3.05, 3.63) is 0 Å². The summed E-state index contributed by atoms with van der Waals surface area (Å²) < 4.78 is 5.67. The van der Waals surface area contributed by atoms with Crippen molar-refractivity contribution in [2.75, 3.05) is 6.61 Å². The van der Waals surface area contributed by atoms with Gasteiger partial charge in [-0.1, -0.05) is 38.5 Å². The number of hydrogen-bond acceptors (Lipinski definition) is 3. The van der Waals surface area contributed by atoms with Crippen LogP contribution in [-0.4, -0.2) is 35.1 Å². The Morgan fingerprint density at radius 2 is 1.75 bits per heavy atom. The predicted molar refractivity (Wildman–Crippen MR) is 62.2 cm³/mol. The summed E-state index contributed by atoms with van der Waals surface area (Å²) in [6.07, 6.45) is 9.27. The van der Waals surface area contributed by atoms with E-state index < -0.39 is 6.10 Å². The second kappa shape index (κ2) is 5.99. The molecule has 1 aliphatic carbocycles. The maximum Gasteiger partial charge on any atom is 0.107 e. The molecule has 0 aromatic heterocycles. The lowest BCUT2D eigenvalue weighted by Gasteiger charge is -2.18. The third-order valence-electron chi connectivity index (χ3n) is 4.05. The minimum absolute atomic E-state index is 0.0532. The maximum absolute atomic E-state index is 9.66. The van der Waals surface area contributed by atoms with Gasteiger partial charge >= 0.3 is 0 Å². The van der Waals surface area contributed by atoms with Crippen LogP contribution in [0, 0.1) is 5.92 Å². The molecule has 1 aliphatic heterocycles.